The number of benzene rings is 3. The molecule has 0 spiro atoms. The number of carbonyl (C=O) groups is 2. The van der Waals surface area contributed by atoms with E-state index in [1.807, 2.05) is 60.7 Å². The number of carbonyl (C=O) groups excluding carboxylic acids is 2. The molecule has 0 aliphatic carbocycles. The first-order valence-corrected chi connectivity index (χ1v) is 10.4. The Balaban J connectivity index is 1.44. The summed E-state index contributed by atoms with van der Waals surface area (Å²) in [6.45, 7) is -0.178. The summed E-state index contributed by atoms with van der Waals surface area (Å²) in [6.07, 6.45) is 0.295. The van der Waals surface area contributed by atoms with Crippen LogP contribution < -0.4 is 5.32 Å². The van der Waals surface area contributed by atoms with Gasteiger partial charge in [0.2, 0.25) is 11.7 Å². The summed E-state index contributed by atoms with van der Waals surface area (Å²) in [6, 6.07) is 23.8. The first-order chi connectivity index (χ1) is 16.0. The molecule has 0 saturated carbocycles. The molecule has 0 unspecified atom stereocenters. The molecule has 1 aliphatic heterocycles. The van der Waals surface area contributed by atoms with E-state index in [1.165, 1.54) is 24.3 Å². The highest BCUT2D eigenvalue weighted by atomic mass is 19.1. The van der Waals surface area contributed by atoms with E-state index in [0.29, 0.717) is 17.5 Å². The van der Waals surface area contributed by atoms with Crippen molar-refractivity contribution in [3.05, 3.63) is 108 Å². The van der Waals surface area contributed by atoms with Crippen LogP contribution in [0.2, 0.25) is 0 Å². The van der Waals surface area contributed by atoms with Gasteiger partial charge >= 0.3 is 6.03 Å². The van der Waals surface area contributed by atoms with Gasteiger partial charge in [0.25, 0.3) is 5.91 Å². The first kappa shape index (κ1) is 20.6. The number of hydrogen-bond donors (Lipinski definition) is 1. The number of amides is 3. The molecule has 3 aromatic carbocycles. The van der Waals surface area contributed by atoms with Crippen LogP contribution in [-0.4, -0.2) is 27.0 Å². The van der Waals surface area contributed by atoms with Crippen LogP contribution in [-0.2, 0) is 23.3 Å². The molecule has 1 aliphatic rings. The second kappa shape index (κ2) is 8.31. The zero-order valence-electron chi connectivity index (χ0n) is 17.4. The van der Waals surface area contributed by atoms with E-state index in [2.05, 4.69) is 15.5 Å². The van der Waals surface area contributed by atoms with Gasteiger partial charge in [-0.2, -0.15) is 4.98 Å². The van der Waals surface area contributed by atoms with E-state index in [9.17, 15) is 14.0 Å². The highest BCUT2D eigenvalue weighted by molar-refractivity contribution is 6.07. The van der Waals surface area contributed by atoms with E-state index in [0.717, 1.165) is 10.5 Å². The maximum Gasteiger partial charge on any atom is 0.325 e. The van der Waals surface area contributed by atoms with Crippen LogP contribution >= 0.6 is 0 Å². The van der Waals surface area contributed by atoms with Crippen molar-refractivity contribution in [2.75, 3.05) is 0 Å². The fourth-order valence-corrected chi connectivity index (χ4v) is 3.98. The smallest absolute Gasteiger partial charge is 0.325 e. The summed E-state index contributed by atoms with van der Waals surface area (Å²) in [5.41, 5.74) is 0.909. The minimum absolute atomic E-state index is 0.0985. The van der Waals surface area contributed by atoms with Crippen LogP contribution in [0.1, 0.15) is 17.0 Å². The van der Waals surface area contributed by atoms with Gasteiger partial charge in [0, 0.05) is 12.0 Å². The normalized spacial score (nSPS) is 17.9. The molecule has 33 heavy (non-hydrogen) atoms. The van der Waals surface area contributed by atoms with Crippen molar-refractivity contribution in [1.82, 2.24) is 20.4 Å². The van der Waals surface area contributed by atoms with Crippen molar-refractivity contribution in [3.8, 4) is 11.4 Å². The van der Waals surface area contributed by atoms with Gasteiger partial charge in [0.15, 0.2) is 5.54 Å². The summed E-state index contributed by atoms with van der Waals surface area (Å²) >= 11 is 0. The second-order valence-electron chi connectivity index (χ2n) is 7.77. The van der Waals surface area contributed by atoms with Crippen molar-refractivity contribution in [3.63, 3.8) is 0 Å². The largest absolute Gasteiger partial charge is 0.337 e. The first-order valence-electron chi connectivity index (χ1n) is 10.4. The zero-order valence-corrected chi connectivity index (χ0v) is 17.4. The van der Waals surface area contributed by atoms with E-state index in [-0.39, 0.29) is 24.1 Å². The monoisotopic (exact) mass is 442 g/mol. The van der Waals surface area contributed by atoms with Gasteiger partial charge < -0.3 is 9.84 Å². The number of aromatic nitrogens is 2. The summed E-state index contributed by atoms with van der Waals surface area (Å²) in [7, 11) is 0. The van der Waals surface area contributed by atoms with Gasteiger partial charge in [-0.3, -0.25) is 9.69 Å². The summed E-state index contributed by atoms with van der Waals surface area (Å²) in [4.78, 5) is 32.0. The highest BCUT2D eigenvalue weighted by Crippen LogP contribution is 2.33. The van der Waals surface area contributed by atoms with E-state index in [1.54, 1.807) is 0 Å². The number of halogens is 1. The van der Waals surface area contributed by atoms with Gasteiger partial charge in [0.05, 0.1) is 0 Å². The predicted octanol–water partition coefficient (Wildman–Crippen LogP) is 4.07. The average Bonchev–Trinajstić information content (AvgIpc) is 3.40. The minimum atomic E-state index is -1.25. The third-order valence-corrected chi connectivity index (χ3v) is 5.62. The van der Waals surface area contributed by atoms with Crippen LogP contribution in [0, 0.1) is 5.82 Å². The summed E-state index contributed by atoms with van der Waals surface area (Å²) < 4.78 is 18.5. The number of hydrogen-bond acceptors (Lipinski definition) is 5. The van der Waals surface area contributed by atoms with E-state index in [4.69, 9.17) is 4.52 Å². The Morgan fingerprint density at radius 2 is 1.58 bits per heavy atom. The lowest BCUT2D eigenvalue weighted by atomic mass is 9.83. The number of urea groups is 1. The molecule has 4 aromatic rings. The third kappa shape index (κ3) is 3.87. The molecule has 1 fully saturated rings. The quantitative estimate of drug-likeness (QED) is 0.455. The van der Waals surface area contributed by atoms with Crippen molar-refractivity contribution in [2.24, 2.45) is 0 Å². The van der Waals surface area contributed by atoms with Gasteiger partial charge in [-0.1, -0.05) is 65.8 Å². The molecule has 164 valence electrons. The maximum atomic E-state index is 13.7. The fourth-order valence-electron chi connectivity index (χ4n) is 3.98. The molecule has 3 amide bonds. The Labute approximate surface area is 188 Å². The molecular weight excluding hydrogens is 423 g/mol. The van der Waals surface area contributed by atoms with Crippen molar-refractivity contribution >= 4 is 11.9 Å². The predicted molar refractivity (Wildman–Crippen MR) is 117 cm³/mol. The van der Waals surface area contributed by atoms with Gasteiger partial charge in [-0.25, -0.2) is 9.18 Å². The zero-order chi connectivity index (χ0) is 22.8. The molecular formula is C25H19FN4O3. The summed E-state index contributed by atoms with van der Waals surface area (Å²) in [5.74, 6) is -0.432. The molecule has 7 nitrogen and oxygen atoms in total. The number of nitrogens with zero attached hydrogens (tertiary/aromatic N) is 3. The lowest BCUT2D eigenvalue weighted by Crippen LogP contribution is -2.46. The number of nitrogens with one attached hydrogen (secondary N) is 1. The summed E-state index contributed by atoms with van der Waals surface area (Å²) in [5, 5.41) is 6.80. The van der Waals surface area contributed by atoms with Gasteiger partial charge in [-0.15, -0.1) is 0 Å². The van der Waals surface area contributed by atoms with E-state index < -0.39 is 17.5 Å². The average molecular weight is 442 g/mol. The molecule has 1 aromatic heterocycles. The molecule has 1 atom stereocenters. The van der Waals surface area contributed by atoms with Crippen molar-refractivity contribution in [1.29, 1.82) is 0 Å². The lowest BCUT2D eigenvalue weighted by Gasteiger charge is -2.27. The van der Waals surface area contributed by atoms with Crippen molar-refractivity contribution in [2.45, 2.75) is 18.5 Å². The van der Waals surface area contributed by atoms with Crippen LogP contribution in [0.3, 0.4) is 0 Å². The molecule has 2 heterocycles. The number of imide groups is 1. The topological polar surface area (TPSA) is 88.3 Å². The van der Waals surface area contributed by atoms with Gasteiger partial charge in [-0.05, 0) is 35.4 Å². The Hall–Kier alpha value is -4.33. The Morgan fingerprint density at radius 3 is 2.27 bits per heavy atom. The molecule has 5 rings (SSSR count). The fraction of sp³-hybridized carbons (Fsp3) is 0.120. The van der Waals surface area contributed by atoms with Crippen molar-refractivity contribution < 1.29 is 18.5 Å². The van der Waals surface area contributed by atoms with E-state index >= 15 is 0 Å². The molecule has 0 bridgehead atoms. The highest BCUT2D eigenvalue weighted by Gasteiger charge is 2.52. The SMILES string of the molecule is O=C1N[C@@](Cc2ccccc2)(c2ccccc2)C(=O)N1Cc1nc(-c2ccc(F)cc2)no1. The third-order valence-electron chi connectivity index (χ3n) is 5.62. The maximum absolute atomic E-state index is 13.7. The molecule has 1 N–H and O–H groups in total. The number of rotatable bonds is 6. The minimum Gasteiger partial charge on any atom is -0.337 e. The van der Waals surface area contributed by atoms with Crippen LogP contribution in [0.15, 0.2) is 89.5 Å². The van der Waals surface area contributed by atoms with Crippen LogP contribution in [0.4, 0.5) is 9.18 Å². The second-order valence-corrected chi connectivity index (χ2v) is 7.77. The Bertz CT molecular complexity index is 1290. The molecule has 1 saturated heterocycles. The Kier molecular flexibility index (Phi) is 5.18. The van der Waals surface area contributed by atoms with Crippen LogP contribution in [0.5, 0.6) is 0 Å². The lowest BCUT2D eigenvalue weighted by molar-refractivity contribution is -0.132. The molecule has 8 heteroatoms. The standard InChI is InChI=1S/C25H19FN4O3/c26-20-13-11-18(12-14-20)22-27-21(33-29-22)16-30-23(31)25(28-24(30)32,19-9-5-2-6-10-19)15-17-7-3-1-4-8-17/h1-14H,15-16H2,(H,28,32)/t25-/m0/s1. The molecule has 0 radical (unpaired) electrons. The van der Waals surface area contributed by atoms with Gasteiger partial charge in [0.1, 0.15) is 12.4 Å². The van der Waals surface area contributed by atoms with Crippen LogP contribution in [0.25, 0.3) is 11.4 Å². The Morgan fingerprint density at radius 1 is 0.909 bits per heavy atom.